The SMILES string of the molecule is CCC(CCCCCc1ccc2c(c1)CCC2)CNC(=O)CSc1ncc(-c2ccc(OC)c(OC)c2)cn1. The molecule has 0 bridgehead atoms. The summed E-state index contributed by atoms with van der Waals surface area (Å²) in [5.41, 5.74) is 6.44. The van der Waals surface area contributed by atoms with Gasteiger partial charge in [0.05, 0.1) is 20.0 Å². The maximum Gasteiger partial charge on any atom is 0.230 e. The quantitative estimate of drug-likeness (QED) is 0.130. The average molecular weight is 548 g/mol. The van der Waals surface area contributed by atoms with Gasteiger partial charge in [0, 0.05) is 24.5 Å². The molecule has 0 fully saturated rings. The normalized spacial score (nSPS) is 13.1. The van der Waals surface area contributed by atoms with Gasteiger partial charge in [-0.25, -0.2) is 9.97 Å². The Labute approximate surface area is 237 Å². The predicted molar refractivity (Wildman–Crippen MR) is 159 cm³/mol. The molecular formula is C32H41N3O3S. The Hall–Kier alpha value is -3.06. The molecule has 0 saturated carbocycles. The molecule has 0 radical (unpaired) electrons. The predicted octanol–water partition coefficient (Wildman–Crippen LogP) is 6.69. The molecule has 0 saturated heterocycles. The molecule has 4 rings (SSSR count). The summed E-state index contributed by atoms with van der Waals surface area (Å²) < 4.78 is 10.7. The van der Waals surface area contributed by atoms with Crippen molar-refractivity contribution >= 4 is 17.7 Å². The minimum atomic E-state index is 0.0302. The van der Waals surface area contributed by atoms with Gasteiger partial charge in [0.1, 0.15) is 0 Å². The van der Waals surface area contributed by atoms with Crippen molar-refractivity contribution < 1.29 is 14.3 Å². The van der Waals surface area contributed by atoms with E-state index in [0.29, 0.717) is 28.3 Å². The standard InChI is InChI=1S/C32H41N3O3S/c1-4-23(9-6-5-7-10-24-13-14-25-11-8-12-26(25)17-24)19-33-31(36)22-39-32-34-20-28(21-35-32)27-15-16-29(37-2)30(18-27)38-3/h13-18,20-21,23H,4-12,19,22H2,1-3H3,(H,33,36). The van der Waals surface area contributed by atoms with Crippen LogP contribution in [0.15, 0.2) is 53.9 Å². The molecule has 1 heterocycles. The second-order valence-electron chi connectivity index (χ2n) is 10.2. The van der Waals surface area contributed by atoms with E-state index >= 15 is 0 Å². The molecular weight excluding hydrogens is 506 g/mol. The fourth-order valence-electron chi connectivity index (χ4n) is 5.17. The van der Waals surface area contributed by atoms with Crippen LogP contribution < -0.4 is 14.8 Å². The van der Waals surface area contributed by atoms with Crippen molar-refractivity contribution in [3.63, 3.8) is 0 Å². The summed E-state index contributed by atoms with van der Waals surface area (Å²) in [6.07, 6.45) is 14.5. The van der Waals surface area contributed by atoms with Gasteiger partial charge in [-0.3, -0.25) is 4.79 Å². The van der Waals surface area contributed by atoms with Crippen molar-refractivity contribution in [2.24, 2.45) is 5.92 Å². The lowest BCUT2D eigenvalue weighted by atomic mass is 9.97. The molecule has 6 nitrogen and oxygen atoms in total. The van der Waals surface area contributed by atoms with Crippen LogP contribution in [0.3, 0.4) is 0 Å². The Morgan fingerprint density at radius 1 is 0.949 bits per heavy atom. The molecule has 7 heteroatoms. The number of hydrogen-bond donors (Lipinski definition) is 1. The largest absolute Gasteiger partial charge is 0.493 e. The smallest absolute Gasteiger partial charge is 0.230 e. The van der Waals surface area contributed by atoms with E-state index in [2.05, 4.69) is 40.4 Å². The summed E-state index contributed by atoms with van der Waals surface area (Å²) in [5, 5.41) is 3.70. The van der Waals surface area contributed by atoms with Crippen LogP contribution in [0.25, 0.3) is 11.1 Å². The number of nitrogens with zero attached hydrogens (tertiary/aromatic N) is 2. The average Bonchev–Trinajstić information content (AvgIpc) is 3.45. The summed E-state index contributed by atoms with van der Waals surface area (Å²) in [7, 11) is 3.23. The first-order valence-electron chi connectivity index (χ1n) is 14.1. The highest BCUT2D eigenvalue weighted by atomic mass is 32.2. The van der Waals surface area contributed by atoms with E-state index in [-0.39, 0.29) is 5.91 Å². The van der Waals surface area contributed by atoms with Crippen molar-refractivity contribution in [2.45, 2.75) is 69.9 Å². The lowest BCUT2D eigenvalue weighted by Crippen LogP contribution is -2.30. The molecule has 208 valence electrons. The zero-order valence-electron chi connectivity index (χ0n) is 23.5. The van der Waals surface area contributed by atoms with Gasteiger partial charge in [-0.15, -0.1) is 0 Å². The zero-order chi connectivity index (χ0) is 27.5. The van der Waals surface area contributed by atoms with Crippen LogP contribution in [0.5, 0.6) is 11.5 Å². The number of methoxy groups -OCH3 is 2. The number of fused-ring (bicyclic) bond motifs is 1. The lowest BCUT2D eigenvalue weighted by molar-refractivity contribution is -0.118. The van der Waals surface area contributed by atoms with E-state index in [4.69, 9.17) is 9.47 Å². The molecule has 1 atom stereocenters. The summed E-state index contributed by atoms with van der Waals surface area (Å²) in [6, 6.07) is 12.8. The third kappa shape index (κ3) is 8.46. The molecule has 0 aliphatic heterocycles. The van der Waals surface area contributed by atoms with Crippen molar-refractivity contribution in [1.82, 2.24) is 15.3 Å². The molecule has 1 aromatic heterocycles. The number of carbonyl (C=O) groups excluding carboxylic acids is 1. The third-order valence-electron chi connectivity index (χ3n) is 7.58. The number of unbranched alkanes of at least 4 members (excludes halogenated alkanes) is 2. The maximum atomic E-state index is 12.5. The van der Waals surface area contributed by atoms with Gasteiger partial charge in [-0.1, -0.05) is 62.2 Å². The summed E-state index contributed by atoms with van der Waals surface area (Å²) >= 11 is 1.36. The summed E-state index contributed by atoms with van der Waals surface area (Å²) in [5.74, 6) is 2.20. The van der Waals surface area contributed by atoms with Crippen LogP contribution >= 0.6 is 11.8 Å². The van der Waals surface area contributed by atoms with Crippen LogP contribution in [0, 0.1) is 5.92 Å². The molecule has 3 aromatic rings. The molecule has 1 aliphatic rings. The zero-order valence-corrected chi connectivity index (χ0v) is 24.3. The van der Waals surface area contributed by atoms with Gasteiger partial charge in [-0.05, 0) is 78.8 Å². The number of benzene rings is 2. The van der Waals surface area contributed by atoms with E-state index in [1.54, 1.807) is 37.7 Å². The van der Waals surface area contributed by atoms with E-state index in [9.17, 15) is 4.79 Å². The first-order chi connectivity index (χ1) is 19.1. The minimum Gasteiger partial charge on any atom is -0.493 e. The van der Waals surface area contributed by atoms with Crippen LogP contribution in [-0.4, -0.2) is 42.4 Å². The van der Waals surface area contributed by atoms with Gasteiger partial charge in [0.15, 0.2) is 16.7 Å². The third-order valence-corrected chi connectivity index (χ3v) is 8.46. The van der Waals surface area contributed by atoms with E-state index in [1.807, 2.05) is 18.2 Å². The Morgan fingerprint density at radius 2 is 1.74 bits per heavy atom. The first kappa shape index (κ1) is 28.9. The van der Waals surface area contributed by atoms with Crippen molar-refractivity contribution in [3.05, 3.63) is 65.5 Å². The van der Waals surface area contributed by atoms with Crippen LogP contribution in [0.1, 0.15) is 62.1 Å². The number of amides is 1. The first-order valence-corrected chi connectivity index (χ1v) is 15.1. The maximum absolute atomic E-state index is 12.5. The van der Waals surface area contributed by atoms with Crippen LogP contribution in [0.4, 0.5) is 0 Å². The highest BCUT2D eigenvalue weighted by Crippen LogP contribution is 2.32. The Kier molecular flexibility index (Phi) is 11.1. The number of nitrogens with one attached hydrogen (secondary N) is 1. The Morgan fingerprint density at radius 3 is 2.51 bits per heavy atom. The van der Waals surface area contributed by atoms with Gasteiger partial charge >= 0.3 is 0 Å². The number of aromatic nitrogens is 2. The Bertz CT molecular complexity index is 1220. The number of aryl methyl sites for hydroxylation is 3. The van der Waals surface area contributed by atoms with Gasteiger partial charge in [0.25, 0.3) is 0 Å². The van der Waals surface area contributed by atoms with Crippen LogP contribution in [-0.2, 0) is 24.1 Å². The van der Waals surface area contributed by atoms with Gasteiger partial charge < -0.3 is 14.8 Å². The molecule has 39 heavy (non-hydrogen) atoms. The van der Waals surface area contributed by atoms with Crippen molar-refractivity contribution in [2.75, 3.05) is 26.5 Å². The van der Waals surface area contributed by atoms with Crippen LogP contribution in [0.2, 0.25) is 0 Å². The van der Waals surface area contributed by atoms with E-state index in [1.165, 1.54) is 62.3 Å². The number of carbonyl (C=O) groups is 1. The fourth-order valence-corrected chi connectivity index (χ4v) is 5.78. The summed E-state index contributed by atoms with van der Waals surface area (Å²) in [4.78, 5) is 21.3. The van der Waals surface area contributed by atoms with Crippen molar-refractivity contribution in [1.29, 1.82) is 0 Å². The monoisotopic (exact) mass is 547 g/mol. The second-order valence-corrected chi connectivity index (χ2v) is 11.2. The molecule has 0 spiro atoms. The molecule has 1 unspecified atom stereocenters. The fraction of sp³-hybridized carbons (Fsp3) is 0.469. The topological polar surface area (TPSA) is 73.3 Å². The Balaban J connectivity index is 1.12. The highest BCUT2D eigenvalue weighted by molar-refractivity contribution is 7.99. The molecule has 1 amide bonds. The molecule has 2 aromatic carbocycles. The minimum absolute atomic E-state index is 0.0302. The number of ether oxygens (including phenoxy) is 2. The van der Waals surface area contributed by atoms with Crippen molar-refractivity contribution in [3.8, 4) is 22.6 Å². The van der Waals surface area contributed by atoms with Gasteiger partial charge in [-0.2, -0.15) is 0 Å². The molecule has 1 N–H and O–H groups in total. The second kappa shape index (κ2) is 14.9. The number of hydrogen-bond acceptors (Lipinski definition) is 6. The van der Waals surface area contributed by atoms with E-state index in [0.717, 1.165) is 30.5 Å². The molecule has 1 aliphatic carbocycles. The number of rotatable bonds is 15. The van der Waals surface area contributed by atoms with E-state index < -0.39 is 0 Å². The summed E-state index contributed by atoms with van der Waals surface area (Å²) in [6.45, 7) is 2.95. The highest BCUT2D eigenvalue weighted by Gasteiger charge is 2.12. The lowest BCUT2D eigenvalue weighted by Gasteiger charge is -2.15. The number of thioether (sulfide) groups is 1. The van der Waals surface area contributed by atoms with Gasteiger partial charge in [0.2, 0.25) is 5.91 Å².